The zero-order chi connectivity index (χ0) is 6.57. The summed E-state index contributed by atoms with van der Waals surface area (Å²) < 4.78 is 0. The molecule has 0 heterocycles. The average Bonchev–Trinajstić information content (AvgIpc) is 1.65. The Morgan fingerprint density at radius 3 is 1.91 bits per heavy atom. The van der Waals surface area contributed by atoms with Crippen LogP contribution in [0.25, 0.3) is 0 Å². The van der Waals surface area contributed by atoms with Gasteiger partial charge >= 0.3 is 0 Å². The Kier molecular flexibility index (Phi) is 27.9. The molecule has 0 aromatic rings. The van der Waals surface area contributed by atoms with E-state index in [-0.39, 0.29) is 66.5 Å². The largest absolute Gasteiger partial charge is 0.648 e. The molecule has 0 aliphatic heterocycles. The van der Waals surface area contributed by atoms with Crippen LogP contribution in [0.2, 0.25) is 0 Å². The van der Waals surface area contributed by atoms with E-state index in [0.29, 0.717) is 0 Å². The van der Waals surface area contributed by atoms with Crippen LogP contribution in [0.15, 0.2) is 0 Å². The van der Waals surface area contributed by atoms with Crippen molar-refractivity contribution in [2.45, 2.75) is 6.92 Å². The maximum Gasteiger partial charge on any atom is 0.0108 e. The van der Waals surface area contributed by atoms with Crippen LogP contribution >= 0.6 is 0 Å². The van der Waals surface area contributed by atoms with Gasteiger partial charge in [-0.2, -0.15) is 6.41 Å². The zero-order valence-corrected chi connectivity index (χ0v) is 13.4. The van der Waals surface area contributed by atoms with Gasteiger partial charge in [0, 0.05) is 66.5 Å². The molecule has 1 amide bonds. The second-order valence-electron chi connectivity index (χ2n) is 1.44. The first-order valence-corrected chi connectivity index (χ1v) is 2.13. The molecule has 0 saturated carbocycles. The summed E-state index contributed by atoms with van der Waals surface area (Å²) in [6, 6.07) is 0. The van der Waals surface area contributed by atoms with E-state index in [9.17, 15) is 9.59 Å². The molecule has 0 fully saturated rings. The van der Waals surface area contributed by atoms with E-state index in [1.54, 1.807) is 0 Å². The van der Waals surface area contributed by atoms with Crippen molar-refractivity contribution in [2.75, 3.05) is 7.05 Å². The molecule has 0 atom stereocenters. The van der Waals surface area contributed by atoms with Crippen molar-refractivity contribution >= 4 is 12.2 Å². The minimum Gasteiger partial charge on any atom is -0.648 e. The Morgan fingerprint density at radius 1 is 1.45 bits per heavy atom. The summed E-state index contributed by atoms with van der Waals surface area (Å²) in [5.74, 6) is -0.157. The Morgan fingerprint density at radius 2 is 1.82 bits per heavy atom. The Hall–Kier alpha value is 0.971. The van der Waals surface area contributed by atoms with Crippen LogP contribution in [0, 0.1) is 6.54 Å². The van der Waals surface area contributed by atoms with E-state index in [1.165, 1.54) is 20.4 Å². The minimum atomic E-state index is -0.157. The van der Waals surface area contributed by atoms with Gasteiger partial charge in [-0.3, -0.25) is 6.54 Å². The van der Waals surface area contributed by atoms with Crippen LogP contribution in [-0.4, -0.2) is 24.1 Å². The summed E-state index contributed by atoms with van der Waals surface area (Å²) in [5, 5.41) is 0. The van der Waals surface area contributed by atoms with Gasteiger partial charge in [-0.25, -0.2) is 0 Å². The Balaban J connectivity index is -0.0000000817. The molecular formula is C5H7NO2VW2-2. The molecule has 6 heteroatoms. The molecule has 0 saturated heterocycles. The summed E-state index contributed by atoms with van der Waals surface area (Å²) in [7, 11) is 1.45. The first-order chi connectivity index (χ1) is 3.66. The quantitative estimate of drug-likeness (QED) is 0.372. The van der Waals surface area contributed by atoms with Gasteiger partial charge < -0.3 is 14.5 Å². The fourth-order valence-corrected chi connectivity index (χ4v) is 0.299. The van der Waals surface area contributed by atoms with Crippen molar-refractivity contribution in [3.8, 4) is 0 Å². The molecule has 0 aliphatic rings. The van der Waals surface area contributed by atoms with Gasteiger partial charge in [0.1, 0.15) is 0 Å². The molecule has 11 heavy (non-hydrogen) atoms. The van der Waals surface area contributed by atoms with Gasteiger partial charge in [-0.05, 0) is 14.0 Å². The third kappa shape index (κ3) is 18.2. The fraction of sp³-hybridized carbons (Fsp3) is 0.400. The van der Waals surface area contributed by atoms with E-state index in [1.807, 2.05) is 0 Å². The summed E-state index contributed by atoms with van der Waals surface area (Å²) in [6.45, 7) is 2.53. The predicted octanol–water partition coefficient (Wildman–Crippen LogP) is -0.271. The number of carbonyl (C=O) groups is 1. The summed E-state index contributed by atoms with van der Waals surface area (Å²) in [6.07, 6.45) is 1.50. The molecular weight excluding hydrogens is 525 g/mol. The molecule has 1 radical (unpaired) electrons. The van der Waals surface area contributed by atoms with Crippen molar-refractivity contribution in [1.29, 1.82) is 0 Å². The molecule has 0 N–H and O–H groups in total. The van der Waals surface area contributed by atoms with Gasteiger partial charge in [0.25, 0.3) is 0 Å². The molecule has 0 bridgehead atoms. The SMILES string of the molecule is CC(=O)[CH-]N(C)[C-]=O.[V].[W].[W]. The normalized spacial score (nSPS) is 5.64. The first-order valence-electron chi connectivity index (χ1n) is 2.13. The number of carbonyl (C=O) groups excluding carboxylic acids is 2. The molecule has 3 nitrogen and oxygen atoms in total. The van der Waals surface area contributed by atoms with Gasteiger partial charge in [0.2, 0.25) is 0 Å². The van der Waals surface area contributed by atoms with Crippen LogP contribution < -0.4 is 0 Å². The van der Waals surface area contributed by atoms with E-state index >= 15 is 0 Å². The standard InChI is InChI=1S/C5H7NO2.V.2W/c1-5(8)3-6(2)4-7;;;/h3H,1-2H3;;;/q-2;;;. The number of likely N-dealkylation sites (N-methyl/N-ethyl adjacent to an activating group) is 1. The van der Waals surface area contributed by atoms with Crippen molar-refractivity contribution in [1.82, 2.24) is 4.90 Å². The summed E-state index contributed by atoms with van der Waals surface area (Å²) in [5.41, 5.74) is 0. The smallest absolute Gasteiger partial charge is 0.0108 e. The van der Waals surface area contributed by atoms with Crippen molar-refractivity contribution in [2.24, 2.45) is 0 Å². The van der Waals surface area contributed by atoms with Crippen molar-refractivity contribution < 1.29 is 70.3 Å². The molecule has 0 unspecified atom stereocenters. The van der Waals surface area contributed by atoms with Crippen LogP contribution in [-0.2, 0) is 70.3 Å². The second kappa shape index (κ2) is 13.6. The minimum absolute atomic E-state index is 0. The van der Waals surface area contributed by atoms with Crippen molar-refractivity contribution in [3.05, 3.63) is 6.54 Å². The summed E-state index contributed by atoms with van der Waals surface area (Å²) >= 11 is 0. The van der Waals surface area contributed by atoms with Gasteiger partial charge in [-0.1, -0.05) is 0 Å². The first kappa shape index (κ1) is 22.7. The molecule has 63 valence electrons. The van der Waals surface area contributed by atoms with Gasteiger partial charge in [-0.15, -0.1) is 0 Å². The van der Waals surface area contributed by atoms with Gasteiger partial charge in [0.15, 0.2) is 0 Å². The number of ketones is 1. The molecule has 0 aliphatic carbocycles. The van der Waals surface area contributed by atoms with E-state index in [4.69, 9.17) is 0 Å². The van der Waals surface area contributed by atoms with Crippen molar-refractivity contribution in [3.63, 3.8) is 0 Å². The van der Waals surface area contributed by atoms with Crippen LogP contribution in [0.3, 0.4) is 0 Å². The molecule has 0 spiro atoms. The second-order valence-corrected chi connectivity index (χ2v) is 1.44. The number of hydrogen-bond acceptors (Lipinski definition) is 2. The number of amides is 1. The van der Waals surface area contributed by atoms with E-state index < -0.39 is 0 Å². The van der Waals surface area contributed by atoms with Crippen LogP contribution in [0.5, 0.6) is 0 Å². The third-order valence-corrected chi connectivity index (χ3v) is 0.519. The number of Topliss-reactive ketones (excluding diaryl/α,β-unsaturated/α-hetero) is 1. The molecule has 0 aromatic carbocycles. The summed E-state index contributed by atoms with van der Waals surface area (Å²) in [4.78, 5) is 20.8. The van der Waals surface area contributed by atoms with Crippen LogP contribution in [0.4, 0.5) is 0 Å². The molecule has 0 aromatic heterocycles. The Labute approximate surface area is 107 Å². The average molecular weight is 532 g/mol. The zero-order valence-electron chi connectivity index (χ0n) is 6.10. The maximum absolute atomic E-state index is 10.1. The maximum atomic E-state index is 10.1. The number of rotatable bonds is 3. The number of hydrogen-bond donors (Lipinski definition) is 0. The number of nitrogens with zero attached hydrogens (tertiary/aromatic N) is 1. The predicted molar refractivity (Wildman–Crippen MR) is 28.4 cm³/mol. The van der Waals surface area contributed by atoms with Gasteiger partial charge in [0.05, 0.1) is 0 Å². The fourth-order valence-electron chi connectivity index (χ4n) is 0.299. The Bertz CT molecular complexity index is 113. The monoisotopic (exact) mass is 532 g/mol. The molecule has 0 rings (SSSR count). The van der Waals surface area contributed by atoms with Crippen LogP contribution in [0.1, 0.15) is 6.92 Å². The third-order valence-electron chi connectivity index (χ3n) is 0.519. The van der Waals surface area contributed by atoms with E-state index in [0.717, 1.165) is 11.4 Å². The van der Waals surface area contributed by atoms with E-state index in [2.05, 4.69) is 0 Å². The topological polar surface area (TPSA) is 37.4 Å².